The molecule has 1 aromatic carbocycles. The first-order valence-electron chi connectivity index (χ1n) is 10.5. The average Bonchev–Trinajstić information content (AvgIpc) is 2.82. The minimum atomic E-state index is -1.07. The van der Waals surface area contributed by atoms with E-state index in [4.69, 9.17) is 14.2 Å². The van der Waals surface area contributed by atoms with Crippen molar-refractivity contribution in [2.24, 2.45) is 0 Å². The van der Waals surface area contributed by atoms with E-state index in [0.717, 1.165) is 0 Å². The Hall–Kier alpha value is -4.05. The highest BCUT2D eigenvalue weighted by atomic mass is 16.6. The van der Waals surface area contributed by atoms with Gasteiger partial charge < -0.3 is 19.5 Å². The molecule has 0 radical (unpaired) electrons. The number of nitrogens with one attached hydrogen (secondary N) is 1. The van der Waals surface area contributed by atoms with Crippen LogP contribution in [0, 0.1) is 10.1 Å². The highest BCUT2D eigenvalue weighted by Gasteiger charge is 2.40. The van der Waals surface area contributed by atoms with Crippen molar-refractivity contribution in [3.8, 4) is 0 Å². The summed E-state index contributed by atoms with van der Waals surface area (Å²) in [6.07, 6.45) is 1.58. The van der Waals surface area contributed by atoms with Gasteiger partial charge in [0.15, 0.2) is 0 Å². The first-order valence-corrected chi connectivity index (χ1v) is 10.5. The molecule has 0 saturated heterocycles. The van der Waals surface area contributed by atoms with Gasteiger partial charge in [0.25, 0.3) is 5.69 Å². The van der Waals surface area contributed by atoms with E-state index >= 15 is 0 Å². The van der Waals surface area contributed by atoms with E-state index in [-0.39, 0.29) is 42.2 Å². The Kier molecular flexibility index (Phi) is 8.10. The van der Waals surface area contributed by atoms with Crippen molar-refractivity contribution < 1.29 is 28.7 Å². The number of hydrogen-bond donors (Lipinski definition) is 1. The van der Waals surface area contributed by atoms with Crippen LogP contribution < -0.4 is 5.32 Å². The maximum Gasteiger partial charge on any atom is 0.337 e. The minimum Gasteiger partial charge on any atom is -0.460 e. The summed E-state index contributed by atoms with van der Waals surface area (Å²) >= 11 is 0. The number of benzene rings is 1. The summed E-state index contributed by atoms with van der Waals surface area (Å²) in [5, 5.41) is 14.8. The fraction of sp³-hybridized carbons (Fsp3) is 0.292. The molecule has 178 valence electrons. The molecule has 1 aliphatic rings. The Morgan fingerprint density at radius 3 is 2.26 bits per heavy atom. The zero-order chi connectivity index (χ0) is 24.7. The monoisotopic (exact) mass is 467 g/mol. The molecule has 0 fully saturated rings. The number of carbonyl (C=O) groups is 2. The zero-order valence-electron chi connectivity index (χ0n) is 19.1. The van der Waals surface area contributed by atoms with Gasteiger partial charge in [-0.15, -0.1) is 0 Å². The standard InChI is InChI=1S/C24H25N3O7/c1-15-20(23(28)33-13-12-32-3)22(18-9-4-5-10-19(18)27(30)31)21(16(2)26-15)24(29)34-14-17-8-6-7-11-25-17/h4-11,22,26H,12-14H2,1-3H3. The predicted octanol–water partition coefficient (Wildman–Crippen LogP) is 3.16. The molecule has 34 heavy (non-hydrogen) atoms. The quantitative estimate of drug-likeness (QED) is 0.256. The number of para-hydroxylation sites is 1. The number of rotatable bonds is 9. The molecule has 1 aromatic heterocycles. The number of nitro benzene ring substituents is 1. The van der Waals surface area contributed by atoms with Gasteiger partial charge in [-0.25, -0.2) is 9.59 Å². The SMILES string of the molecule is COCCOC(=O)C1=C(C)NC(C)=C(C(=O)OCc2ccccn2)C1c1ccccc1[N+](=O)[O-]. The Morgan fingerprint density at radius 2 is 1.65 bits per heavy atom. The maximum atomic E-state index is 13.3. The summed E-state index contributed by atoms with van der Waals surface area (Å²) in [7, 11) is 1.47. The molecule has 10 heteroatoms. The Bertz CT molecular complexity index is 1140. The van der Waals surface area contributed by atoms with Crippen LogP contribution >= 0.6 is 0 Å². The maximum absolute atomic E-state index is 13.3. The van der Waals surface area contributed by atoms with Gasteiger partial charge in [0.05, 0.1) is 34.3 Å². The number of esters is 2. The van der Waals surface area contributed by atoms with Gasteiger partial charge in [-0.2, -0.15) is 0 Å². The van der Waals surface area contributed by atoms with E-state index in [1.54, 1.807) is 44.3 Å². The Labute approximate surface area is 196 Å². The van der Waals surface area contributed by atoms with Gasteiger partial charge in [0.1, 0.15) is 13.2 Å². The summed E-state index contributed by atoms with van der Waals surface area (Å²) < 4.78 is 15.7. The number of hydrogen-bond acceptors (Lipinski definition) is 9. The molecule has 1 atom stereocenters. The molecular formula is C24H25N3O7. The second kappa shape index (κ2) is 11.2. The number of methoxy groups -OCH3 is 1. The van der Waals surface area contributed by atoms with E-state index in [1.807, 2.05) is 0 Å². The molecule has 2 aromatic rings. The molecule has 1 unspecified atom stereocenters. The van der Waals surface area contributed by atoms with Crippen LogP contribution in [0.4, 0.5) is 5.69 Å². The third kappa shape index (κ3) is 5.46. The number of dihydropyridines is 1. The molecule has 1 N–H and O–H groups in total. The normalized spacial score (nSPS) is 15.6. The molecule has 0 aliphatic carbocycles. The molecule has 0 spiro atoms. The molecule has 1 aliphatic heterocycles. The fourth-order valence-electron chi connectivity index (χ4n) is 3.74. The van der Waals surface area contributed by atoms with Crippen molar-refractivity contribution in [2.45, 2.75) is 26.4 Å². The van der Waals surface area contributed by atoms with Crippen LogP contribution in [0.1, 0.15) is 31.0 Å². The van der Waals surface area contributed by atoms with Crippen molar-refractivity contribution in [3.63, 3.8) is 0 Å². The Morgan fingerprint density at radius 1 is 1.00 bits per heavy atom. The van der Waals surface area contributed by atoms with Gasteiger partial charge in [-0.3, -0.25) is 15.1 Å². The number of ether oxygens (including phenoxy) is 3. The van der Waals surface area contributed by atoms with Crippen LogP contribution in [0.5, 0.6) is 0 Å². The topological polar surface area (TPSA) is 130 Å². The third-order valence-electron chi connectivity index (χ3n) is 5.24. The average molecular weight is 467 g/mol. The molecule has 0 saturated carbocycles. The van der Waals surface area contributed by atoms with E-state index in [9.17, 15) is 19.7 Å². The second-order valence-corrected chi connectivity index (χ2v) is 7.48. The van der Waals surface area contributed by atoms with Crippen molar-refractivity contribution in [1.29, 1.82) is 0 Å². The molecule has 2 heterocycles. The lowest BCUT2D eigenvalue weighted by molar-refractivity contribution is -0.385. The van der Waals surface area contributed by atoms with Crippen LogP contribution in [-0.2, 0) is 30.4 Å². The van der Waals surface area contributed by atoms with Crippen LogP contribution in [0.2, 0.25) is 0 Å². The number of nitro groups is 1. The Balaban J connectivity index is 2.05. The first kappa shape index (κ1) is 24.6. The van der Waals surface area contributed by atoms with Gasteiger partial charge in [0.2, 0.25) is 0 Å². The second-order valence-electron chi connectivity index (χ2n) is 7.48. The lowest BCUT2D eigenvalue weighted by Crippen LogP contribution is -2.33. The van der Waals surface area contributed by atoms with Gasteiger partial charge in [-0.05, 0) is 26.0 Å². The summed E-state index contributed by atoms with van der Waals surface area (Å²) in [6.45, 7) is 3.35. The zero-order valence-corrected chi connectivity index (χ0v) is 19.1. The largest absolute Gasteiger partial charge is 0.460 e. The molecule has 3 rings (SSSR count). The van der Waals surface area contributed by atoms with Crippen LogP contribution in [-0.4, -0.2) is 42.2 Å². The molecular weight excluding hydrogens is 442 g/mol. The van der Waals surface area contributed by atoms with Crippen LogP contribution in [0.15, 0.2) is 71.2 Å². The number of pyridine rings is 1. The van der Waals surface area contributed by atoms with Crippen LogP contribution in [0.3, 0.4) is 0 Å². The summed E-state index contributed by atoms with van der Waals surface area (Å²) in [5.74, 6) is -2.52. The van der Waals surface area contributed by atoms with Crippen molar-refractivity contribution in [3.05, 3.63) is 92.6 Å². The lowest BCUT2D eigenvalue weighted by atomic mass is 9.79. The smallest absolute Gasteiger partial charge is 0.337 e. The number of aromatic nitrogens is 1. The van der Waals surface area contributed by atoms with E-state index in [2.05, 4.69) is 10.3 Å². The van der Waals surface area contributed by atoms with Crippen molar-refractivity contribution >= 4 is 17.6 Å². The number of nitrogens with zero attached hydrogens (tertiary/aromatic N) is 2. The van der Waals surface area contributed by atoms with Gasteiger partial charge in [0, 0.05) is 36.3 Å². The van der Waals surface area contributed by atoms with Crippen LogP contribution in [0.25, 0.3) is 0 Å². The van der Waals surface area contributed by atoms with E-state index in [1.165, 1.54) is 25.3 Å². The van der Waals surface area contributed by atoms with Crippen molar-refractivity contribution in [2.75, 3.05) is 20.3 Å². The van der Waals surface area contributed by atoms with E-state index < -0.39 is 22.8 Å². The highest BCUT2D eigenvalue weighted by Crippen LogP contribution is 2.42. The minimum absolute atomic E-state index is 0.0160. The summed E-state index contributed by atoms with van der Waals surface area (Å²) in [5.41, 5.74) is 1.48. The lowest BCUT2D eigenvalue weighted by Gasteiger charge is -2.30. The molecule has 0 bridgehead atoms. The summed E-state index contributed by atoms with van der Waals surface area (Å²) in [6, 6.07) is 11.2. The highest BCUT2D eigenvalue weighted by molar-refractivity contribution is 6.00. The molecule has 10 nitrogen and oxygen atoms in total. The first-order chi connectivity index (χ1) is 16.3. The number of allylic oxidation sites excluding steroid dienone is 2. The summed E-state index contributed by atoms with van der Waals surface area (Å²) in [4.78, 5) is 41.7. The van der Waals surface area contributed by atoms with Crippen molar-refractivity contribution in [1.82, 2.24) is 10.3 Å². The van der Waals surface area contributed by atoms with Gasteiger partial charge in [-0.1, -0.05) is 24.3 Å². The third-order valence-corrected chi connectivity index (χ3v) is 5.24. The predicted molar refractivity (Wildman–Crippen MR) is 121 cm³/mol. The number of carbonyl (C=O) groups excluding carboxylic acids is 2. The fourth-order valence-corrected chi connectivity index (χ4v) is 3.74. The van der Waals surface area contributed by atoms with Gasteiger partial charge >= 0.3 is 11.9 Å². The molecule has 0 amide bonds. The van der Waals surface area contributed by atoms with E-state index in [0.29, 0.717) is 17.1 Å².